The molecule has 6 nitrogen and oxygen atoms in total. The second-order valence-corrected chi connectivity index (χ2v) is 6.16. The van der Waals surface area contributed by atoms with Crippen LogP contribution in [0, 0.1) is 0 Å². The molecule has 0 fully saturated rings. The van der Waals surface area contributed by atoms with Crippen molar-refractivity contribution in [2.45, 2.75) is 26.4 Å². The summed E-state index contributed by atoms with van der Waals surface area (Å²) in [5.41, 5.74) is 9.28. The Balaban J connectivity index is 1.84. The number of carbonyl (C=O) groups excluding carboxylic acids is 1. The quantitative estimate of drug-likeness (QED) is 0.903. The van der Waals surface area contributed by atoms with Crippen molar-refractivity contribution >= 4 is 11.7 Å². The van der Waals surface area contributed by atoms with E-state index in [1.54, 1.807) is 12.4 Å². The van der Waals surface area contributed by atoms with Gasteiger partial charge < -0.3 is 10.6 Å². The van der Waals surface area contributed by atoms with Crippen molar-refractivity contribution in [1.29, 1.82) is 0 Å². The molecule has 0 bridgehead atoms. The lowest BCUT2D eigenvalue weighted by molar-refractivity contribution is 0.1000. The third-order valence-electron chi connectivity index (χ3n) is 4.50. The summed E-state index contributed by atoms with van der Waals surface area (Å²) < 4.78 is 0. The number of hydrogen-bond acceptors (Lipinski definition) is 5. The number of amides is 1. The van der Waals surface area contributed by atoms with Crippen molar-refractivity contribution in [1.82, 2.24) is 14.9 Å². The Morgan fingerprint density at radius 1 is 1.38 bits per heavy atom. The van der Waals surface area contributed by atoms with Crippen LogP contribution in [0.5, 0.6) is 0 Å². The standard InChI is InChI=1S/C18H23N5O/c1-3-23-8-7-16-15(11-23)18(21-12-20-16)22(2)10-13-5-4-6-14(9-13)17(19)24/h4-6,9,12H,3,7-8,10-11H2,1-2H3,(H2,19,24). The number of benzene rings is 1. The lowest BCUT2D eigenvalue weighted by atomic mass is 10.1. The fraction of sp³-hybridized carbons (Fsp3) is 0.389. The van der Waals surface area contributed by atoms with E-state index in [4.69, 9.17) is 5.73 Å². The van der Waals surface area contributed by atoms with Gasteiger partial charge in [0.15, 0.2) is 0 Å². The molecule has 1 amide bonds. The van der Waals surface area contributed by atoms with Crippen molar-refractivity contribution in [3.05, 3.63) is 53.0 Å². The largest absolute Gasteiger partial charge is 0.366 e. The highest BCUT2D eigenvalue weighted by Gasteiger charge is 2.21. The van der Waals surface area contributed by atoms with Gasteiger partial charge in [-0.15, -0.1) is 0 Å². The zero-order chi connectivity index (χ0) is 17.1. The SMILES string of the molecule is CCN1CCc2ncnc(N(C)Cc3cccc(C(N)=O)c3)c2C1. The maximum Gasteiger partial charge on any atom is 0.248 e. The van der Waals surface area contributed by atoms with Gasteiger partial charge in [0.1, 0.15) is 12.1 Å². The van der Waals surface area contributed by atoms with E-state index in [0.717, 1.165) is 43.1 Å². The second kappa shape index (κ2) is 6.97. The van der Waals surface area contributed by atoms with Gasteiger partial charge in [-0.2, -0.15) is 0 Å². The van der Waals surface area contributed by atoms with Gasteiger partial charge in [0.25, 0.3) is 0 Å². The number of primary amides is 1. The Morgan fingerprint density at radius 2 is 2.21 bits per heavy atom. The minimum Gasteiger partial charge on any atom is -0.366 e. The number of fused-ring (bicyclic) bond motifs is 1. The Bertz CT molecular complexity index is 746. The molecule has 0 unspecified atom stereocenters. The molecule has 0 saturated carbocycles. The van der Waals surface area contributed by atoms with Crippen LogP contribution in [0.1, 0.15) is 34.1 Å². The van der Waals surface area contributed by atoms with Crippen molar-refractivity contribution in [3.8, 4) is 0 Å². The number of rotatable bonds is 5. The van der Waals surface area contributed by atoms with Crippen molar-refractivity contribution in [2.75, 3.05) is 25.0 Å². The minimum atomic E-state index is -0.405. The average molecular weight is 325 g/mol. The van der Waals surface area contributed by atoms with E-state index in [1.807, 2.05) is 25.2 Å². The van der Waals surface area contributed by atoms with E-state index in [9.17, 15) is 4.79 Å². The molecule has 3 rings (SSSR count). The summed E-state index contributed by atoms with van der Waals surface area (Å²) in [6.45, 7) is 5.79. The van der Waals surface area contributed by atoms with Crippen LogP contribution in [0.25, 0.3) is 0 Å². The van der Waals surface area contributed by atoms with Gasteiger partial charge in [0, 0.05) is 44.2 Å². The Kier molecular flexibility index (Phi) is 4.76. The molecule has 0 radical (unpaired) electrons. The van der Waals surface area contributed by atoms with Crippen LogP contribution in [0.2, 0.25) is 0 Å². The van der Waals surface area contributed by atoms with Crippen LogP contribution in [-0.2, 0) is 19.5 Å². The van der Waals surface area contributed by atoms with Crippen LogP contribution in [0.3, 0.4) is 0 Å². The normalized spacial score (nSPS) is 14.2. The first-order valence-electron chi connectivity index (χ1n) is 8.23. The summed E-state index contributed by atoms with van der Waals surface area (Å²) in [4.78, 5) is 24.8. The average Bonchev–Trinajstić information content (AvgIpc) is 2.60. The van der Waals surface area contributed by atoms with E-state index < -0.39 is 5.91 Å². The van der Waals surface area contributed by atoms with Crippen molar-refractivity contribution < 1.29 is 4.79 Å². The number of nitrogens with zero attached hydrogens (tertiary/aromatic N) is 4. The van der Waals surface area contributed by atoms with E-state index >= 15 is 0 Å². The predicted molar refractivity (Wildman–Crippen MR) is 93.8 cm³/mol. The molecule has 2 heterocycles. The van der Waals surface area contributed by atoms with Gasteiger partial charge in [0.05, 0.1) is 5.69 Å². The molecule has 126 valence electrons. The summed E-state index contributed by atoms with van der Waals surface area (Å²) in [6.07, 6.45) is 2.61. The zero-order valence-corrected chi connectivity index (χ0v) is 14.2. The summed E-state index contributed by atoms with van der Waals surface area (Å²) >= 11 is 0. The van der Waals surface area contributed by atoms with Crippen LogP contribution >= 0.6 is 0 Å². The third kappa shape index (κ3) is 3.38. The first-order valence-corrected chi connectivity index (χ1v) is 8.23. The first kappa shape index (κ1) is 16.4. The van der Waals surface area contributed by atoms with Gasteiger partial charge in [-0.05, 0) is 24.2 Å². The number of anilines is 1. The molecule has 1 aromatic heterocycles. The lowest BCUT2D eigenvalue weighted by Gasteiger charge is -2.30. The van der Waals surface area contributed by atoms with Gasteiger partial charge in [-0.3, -0.25) is 9.69 Å². The van der Waals surface area contributed by atoms with E-state index in [-0.39, 0.29) is 0 Å². The molecule has 0 spiro atoms. The highest BCUT2D eigenvalue weighted by atomic mass is 16.1. The third-order valence-corrected chi connectivity index (χ3v) is 4.50. The number of likely N-dealkylation sites (N-methyl/N-ethyl adjacent to an activating group) is 1. The van der Waals surface area contributed by atoms with Crippen LogP contribution < -0.4 is 10.6 Å². The summed E-state index contributed by atoms with van der Waals surface area (Å²) in [5.74, 6) is 0.556. The van der Waals surface area contributed by atoms with Crippen molar-refractivity contribution in [2.24, 2.45) is 5.73 Å². The van der Waals surface area contributed by atoms with Crippen LogP contribution in [0.15, 0.2) is 30.6 Å². The second-order valence-electron chi connectivity index (χ2n) is 6.16. The van der Waals surface area contributed by atoms with E-state index in [2.05, 4.69) is 26.7 Å². The van der Waals surface area contributed by atoms with Gasteiger partial charge >= 0.3 is 0 Å². The van der Waals surface area contributed by atoms with Crippen molar-refractivity contribution in [3.63, 3.8) is 0 Å². The Morgan fingerprint density at radius 3 is 2.96 bits per heavy atom. The molecule has 24 heavy (non-hydrogen) atoms. The molecule has 6 heteroatoms. The van der Waals surface area contributed by atoms with Gasteiger partial charge in [0.2, 0.25) is 5.91 Å². The monoisotopic (exact) mass is 325 g/mol. The fourth-order valence-electron chi connectivity index (χ4n) is 3.15. The maximum atomic E-state index is 11.4. The highest BCUT2D eigenvalue weighted by molar-refractivity contribution is 5.92. The van der Waals surface area contributed by atoms with Gasteiger partial charge in [-0.1, -0.05) is 19.1 Å². The summed E-state index contributed by atoms with van der Waals surface area (Å²) in [6, 6.07) is 7.43. The number of carbonyl (C=O) groups is 1. The number of aromatic nitrogens is 2. The van der Waals surface area contributed by atoms with Crippen LogP contribution in [0.4, 0.5) is 5.82 Å². The molecule has 0 atom stereocenters. The highest BCUT2D eigenvalue weighted by Crippen LogP contribution is 2.26. The smallest absolute Gasteiger partial charge is 0.248 e. The van der Waals surface area contributed by atoms with Gasteiger partial charge in [-0.25, -0.2) is 9.97 Å². The molecule has 2 aromatic rings. The van der Waals surface area contributed by atoms with Crippen LogP contribution in [-0.4, -0.2) is 40.9 Å². The molecule has 0 aliphatic carbocycles. The molecule has 1 aliphatic heterocycles. The molecule has 1 aliphatic rings. The lowest BCUT2D eigenvalue weighted by Crippen LogP contribution is -2.33. The molecular weight excluding hydrogens is 302 g/mol. The molecule has 0 saturated heterocycles. The fourth-order valence-corrected chi connectivity index (χ4v) is 3.15. The Hall–Kier alpha value is -2.47. The topological polar surface area (TPSA) is 75.3 Å². The number of nitrogens with two attached hydrogens (primary N) is 1. The predicted octanol–water partition coefficient (Wildman–Crippen LogP) is 1.59. The molecule has 1 aromatic carbocycles. The maximum absolute atomic E-state index is 11.4. The Labute approximate surface area is 142 Å². The zero-order valence-electron chi connectivity index (χ0n) is 14.2. The summed E-state index contributed by atoms with van der Waals surface area (Å²) in [7, 11) is 2.02. The summed E-state index contributed by atoms with van der Waals surface area (Å²) in [5, 5.41) is 0. The molecular formula is C18H23N5O. The van der Waals surface area contributed by atoms with E-state index in [0.29, 0.717) is 12.1 Å². The molecule has 2 N–H and O–H groups in total. The van der Waals surface area contributed by atoms with E-state index in [1.165, 1.54) is 5.56 Å². The minimum absolute atomic E-state index is 0.405. The first-order chi connectivity index (χ1) is 11.6. The number of hydrogen-bond donors (Lipinski definition) is 1.